The normalized spacial score (nSPS) is 25.3. The van der Waals surface area contributed by atoms with Crippen molar-refractivity contribution in [1.29, 1.82) is 0 Å². The maximum absolute atomic E-state index is 13.0. The van der Waals surface area contributed by atoms with Crippen LogP contribution in [0.5, 0.6) is 0 Å². The standard InChI is InChI=1S/C17H25N3O4S/c1-13-9-14(2)12-19(11-13)25(23,24)15-5-6-16(17(10-15)20(21)22)18-7-3-4-8-18/h5-6,10,13-14H,3-4,7-9,11-12H2,1-2H3/t13-,14-/m1/s1. The summed E-state index contributed by atoms with van der Waals surface area (Å²) in [5, 5.41) is 11.5. The van der Waals surface area contributed by atoms with E-state index in [1.54, 1.807) is 6.07 Å². The van der Waals surface area contributed by atoms with Gasteiger partial charge >= 0.3 is 0 Å². The molecular formula is C17H25N3O4S. The summed E-state index contributed by atoms with van der Waals surface area (Å²) in [6, 6.07) is 4.33. The quantitative estimate of drug-likeness (QED) is 0.603. The molecule has 0 aliphatic carbocycles. The van der Waals surface area contributed by atoms with Crippen molar-refractivity contribution in [2.45, 2.75) is 38.0 Å². The van der Waals surface area contributed by atoms with Crippen LogP contribution in [0, 0.1) is 22.0 Å². The zero-order valence-electron chi connectivity index (χ0n) is 14.7. The second kappa shape index (κ2) is 6.92. The van der Waals surface area contributed by atoms with Gasteiger partial charge in [-0.05, 0) is 43.2 Å². The number of hydrogen-bond acceptors (Lipinski definition) is 5. The predicted octanol–water partition coefficient (Wildman–Crippen LogP) is 2.86. The molecule has 138 valence electrons. The van der Waals surface area contributed by atoms with E-state index in [-0.39, 0.29) is 22.4 Å². The van der Waals surface area contributed by atoms with Crippen LogP contribution in [0.2, 0.25) is 0 Å². The van der Waals surface area contributed by atoms with Crippen molar-refractivity contribution in [3.63, 3.8) is 0 Å². The SMILES string of the molecule is C[C@@H]1C[C@@H](C)CN(S(=O)(=O)c2ccc(N3CCCC3)c([N+](=O)[O-])c2)C1. The Hall–Kier alpha value is -1.67. The van der Waals surface area contributed by atoms with E-state index in [9.17, 15) is 18.5 Å². The van der Waals surface area contributed by atoms with Crippen LogP contribution in [-0.2, 0) is 10.0 Å². The first kappa shape index (κ1) is 18.1. The highest BCUT2D eigenvalue weighted by molar-refractivity contribution is 7.89. The van der Waals surface area contributed by atoms with Gasteiger partial charge in [-0.1, -0.05) is 13.8 Å². The Bertz CT molecular complexity index is 749. The first-order chi connectivity index (χ1) is 11.8. The Morgan fingerprint density at radius 3 is 2.28 bits per heavy atom. The van der Waals surface area contributed by atoms with Crippen LogP contribution in [0.15, 0.2) is 23.1 Å². The monoisotopic (exact) mass is 367 g/mol. The van der Waals surface area contributed by atoms with E-state index in [2.05, 4.69) is 0 Å². The second-order valence-electron chi connectivity index (χ2n) is 7.37. The third-order valence-corrected chi connectivity index (χ3v) is 6.89. The van der Waals surface area contributed by atoms with Gasteiger partial charge in [0.25, 0.3) is 5.69 Å². The lowest BCUT2D eigenvalue weighted by molar-refractivity contribution is -0.384. The number of sulfonamides is 1. The fourth-order valence-corrected chi connectivity index (χ4v) is 5.69. The van der Waals surface area contributed by atoms with E-state index in [0.29, 0.717) is 18.8 Å². The average Bonchev–Trinajstić information content (AvgIpc) is 3.07. The van der Waals surface area contributed by atoms with Gasteiger partial charge in [-0.2, -0.15) is 4.31 Å². The highest BCUT2D eigenvalue weighted by Crippen LogP contribution is 2.34. The molecule has 0 bridgehead atoms. The smallest absolute Gasteiger partial charge is 0.293 e. The molecular weight excluding hydrogens is 342 g/mol. The van der Waals surface area contributed by atoms with Crippen LogP contribution in [0.25, 0.3) is 0 Å². The van der Waals surface area contributed by atoms with Crippen molar-refractivity contribution >= 4 is 21.4 Å². The van der Waals surface area contributed by atoms with Gasteiger partial charge in [0.2, 0.25) is 10.0 Å². The fraction of sp³-hybridized carbons (Fsp3) is 0.647. The molecule has 2 saturated heterocycles. The summed E-state index contributed by atoms with van der Waals surface area (Å²) in [7, 11) is -3.71. The molecule has 3 rings (SSSR count). The molecule has 0 N–H and O–H groups in total. The molecule has 0 unspecified atom stereocenters. The molecule has 1 aromatic rings. The largest absolute Gasteiger partial charge is 0.366 e. The molecule has 0 radical (unpaired) electrons. The summed E-state index contributed by atoms with van der Waals surface area (Å²) in [5.41, 5.74) is 0.392. The van der Waals surface area contributed by atoms with Crippen molar-refractivity contribution in [1.82, 2.24) is 4.31 Å². The molecule has 2 aliphatic heterocycles. The molecule has 8 heteroatoms. The van der Waals surface area contributed by atoms with Crippen molar-refractivity contribution in [2.24, 2.45) is 11.8 Å². The Morgan fingerprint density at radius 1 is 1.12 bits per heavy atom. The van der Waals surface area contributed by atoms with Crippen LogP contribution >= 0.6 is 0 Å². The highest BCUT2D eigenvalue weighted by Gasteiger charge is 2.33. The van der Waals surface area contributed by atoms with Gasteiger partial charge in [0, 0.05) is 32.2 Å². The zero-order valence-corrected chi connectivity index (χ0v) is 15.5. The number of benzene rings is 1. The van der Waals surface area contributed by atoms with Gasteiger partial charge in [-0.3, -0.25) is 10.1 Å². The topological polar surface area (TPSA) is 83.8 Å². The summed E-state index contributed by atoms with van der Waals surface area (Å²) >= 11 is 0. The minimum Gasteiger partial charge on any atom is -0.366 e. The molecule has 7 nitrogen and oxygen atoms in total. The average molecular weight is 367 g/mol. The molecule has 0 spiro atoms. The first-order valence-corrected chi connectivity index (χ1v) is 10.3. The zero-order chi connectivity index (χ0) is 18.2. The minimum atomic E-state index is -3.71. The van der Waals surface area contributed by atoms with Crippen molar-refractivity contribution in [3.05, 3.63) is 28.3 Å². The van der Waals surface area contributed by atoms with Crippen molar-refractivity contribution in [3.8, 4) is 0 Å². The van der Waals surface area contributed by atoms with Gasteiger partial charge < -0.3 is 4.90 Å². The molecule has 2 aliphatic rings. The molecule has 2 heterocycles. The van der Waals surface area contributed by atoms with E-state index in [0.717, 1.165) is 32.4 Å². The number of anilines is 1. The number of nitro groups is 1. The molecule has 0 amide bonds. The summed E-state index contributed by atoms with van der Waals surface area (Å²) in [6.45, 7) is 6.55. The number of rotatable bonds is 4. The third kappa shape index (κ3) is 3.64. The minimum absolute atomic E-state index is 0.0171. The number of nitrogens with zero attached hydrogens (tertiary/aromatic N) is 3. The van der Waals surface area contributed by atoms with Crippen LogP contribution < -0.4 is 4.90 Å². The summed E-state index contributed by atoms with van der Waals surface area (Å²) in [5.74, 6) is 0.578. The number of hydrogen-bond donors (Lipinski definition) is 0. The molecule has 1 aromatic carbocycles. The van der Waals surface area contributed by atoms with Crippen molar-refractivity contribution in [2.75, 3.05) is 31.1 Å². The maximum Gasteiger partial charge on any atom is 0.293 e. The van der Waals surface area contributed by atoms with E-state index in [1.807, 2.05) is 18.7 Å². The number of piperidine rings is 1. The van der Waals surface area contributed by atoms with E-state index in [1.165, 1.54) is 16.4 Å². The first-order valence-electron chi connectivity index (χ1n) is 8.82. The van der Waals surface area contributed by atoms with Gasteiger partial charge in [0.15, 0.2) is 0 Å². The van der Waals surface area contributed by atoms with E-state index in [4.69, 9.17) is 0 Å². The Morgan fingerprint density at radius 2 is 1.72 bits per heavy atom. The molecule has 25 heavy (non-hydrogen) atoms. The summed E-state index contributed by atoms with van der Waals surface area (Å²) in [4.78, 5) is 13.0. The fourth-order valence-electron chi connectivity index (χ4n) is 3.99. The lowest BCUT2D eigenvalue weighted by Gasteiger charge is -2.34. The lowest BCUT2D eigenvalue weighted by atomic mass is 9.94. The Labute approximate surface area is 148 Å². The van der Waals surface area contributed by atoms with Crippen LogP contribution in [0.1, 0.15) is 33.1 Å². The molecule has 2 fully saturated rings. The molecule has 2 atom stereocenters. The highest BCUT2D eigenvalue weighted by atomic mass is 32.2. The third-order valence-electron chi connectivity index (χ3n) is 5.06. The van der Waals surface area contributed by atoms with E-state index >= 15 is 0 Å². The second-order valence-corrected chi connectivity index (χ2v) is 9.31. The van der Waals surface area contributed by atoms with Crippen LogP contribution in [0.3, 0.4) is 0 Å². The summed E-state index contributed by atoms with van der Waals surface area (Å²) < 4.78 is 27.4. The van der Waals surface area contributed by atoms with Gasteiger partial charge in [0.05, 0.1) is 9.82 Å². The predicted molar refractivity (Wildman–Crippen MR) is 96.2 cm³/mol. The van der Waals surface area contributed by atoms with Gasteiger partial charge in [-0.25, -0.2) is 8.42 Å². The van der Waals surface area contributed by atoms with Gasteiger partial charge in [0.1, 0.15) is 5.69 Å². The van der Waals surface area contributed by atoms with Crippen LogP contribution in [0.4, 0.5) is 11.4 Å². The van der Waals surface area contributed by atoms with Crippen molar-refractivity contribution < 1.29 is 13.3 Å². The van der Waals surface area contributed by atoms with Crippen LogP contribution in [-0.4, -0.2) is 43.8 Å². The summed E-state index contributed by atoms with van der Waals surface area (Å²) in [6.07, 6.45) is 3.00. The van der Waals surface area contributed by atoms with Gasteiger partial charge in [-0.15, -0.1) is 0 Å². The maximum atomic E-state index is 13.0. The number of nitro benzene ring substituents is 1. The lowest BCUT2D eigenvalue weighted by Crippen LogP contribution is -2.42. The molecule has 0 saturated carbocycles. The molecule has 0 aromatic heterocycles. The Balaban J connectivity index is 1.96. The van der Waals surface area contributed by atoms with E-state index < -0.39 is 14.9 Å². The Kier molecular flexibility index (Phi) is 5.02.